The summed E-state index contributed by atoms with van der Waals surface area (Å²) in [5.41, 5.74) is 7.06. The van der Waals surface area contributed by atoms with Crippen molar-refractivity contribution in [1.82, 2.24) is 5.32 Å². The summed E-state index contributed by atoms with van der Waals surface area (Å²) in [5, 5.41) is 3.05. The van der Waals surface area contributed by atoms with Gasteiger partial charge in [-0.05, 0) is 30.6 Å². The molecule has 0 saturated carbocycles. The number of thioether (sulfide) groups is 1. The van der Waals surface area contributed by atoms with E-state index in [1.165, 1.54) is 12.2 Å². The molecule has 0 radical (unpaired) electrons. The van der Waals surface area contributed by atoms with Gasteiger partial charge in [-0.15, -0.1) is 0 Å². The van der Waals surface area contributed by atoms with E-state index < -0.39 is 6.04 Å². The molecule has 1 aliphatic rings. The van der Waals surface area contributed by atoms with Gasteiger partial charge in [0.05, 0.1) is 6.04 Å². The molecule has 0 spiro atoms. The average Bonchev–Trinajstić information content (AvgIpc) is 2.41. The van der Waals surface area contributed by atoms with Gasteiger partial charge in [-0.3, -0.25) is 4.79 Å². The van der Waals surface area contributed by atoms with Crippen LogP contribution in [0.3, 0.4) is 0 Å². The van der Waals surface area contributed by atoms with Crippen LogP contribution in [-0.4, -0.2) is 29.5 Å². The molecule has 0 aliphatic carbocycles. The zero-order valence-corrected chi connectivity index (χ0v) is 11.3. The van der Waals surface area contributed by atoms with Gasteiger partial charge >= 0.3 is 0 Å². The van der Waals surface area contributed by atoms with Gasteiger partial charge in [-0.1, -0.05) is 30.3 Å². The molecule has 2 atom stereocenters. The fourth-order valence-electron chi connectivity index (χ4n) is 2.12. The van der Waals surface area contributed by atoms with Crippen molar-refractivity contribution >= 4 is 17.7 Å². The third-order valence-corrected chi connectivity index (χ3v) is 4.36. The maximum absolute atomic E-state index is 12.0. The van der Waals surface area contributed by atoms with Crippen molar-refractivity contribution in [2.45, 2.75) is 31.3 Å². The van der Waals surface area contributed by atoms with E-state index in [1.54, 1.807) is 0 Å². The summed E-state index contributed by atoms with van der Waals surface area (Å²) < 4.78 is 0. The topological polar surface area (TPSA) is 55.1 Å². The van der Waals surface area contributed by atoms with Crippen LogP contribution in [0.5, 0.6) is 0 Å². The second-order valence-electron chi connectivity index (χ2n) is 4.72. The minimum absolute atomic E-state index is 0.0219. The summed E-state index contributed by atoms with van der Waals surface area (Å²) in [6, 6.07) is 9.77. The highest BCUT2D eigenvalue weighted by Crippen LogP contribution is 2.17. The van der Waals surface area contributed by atoms with Gasteiger partial charge in [0.25, 0.3) is 0 Å². The Balaban J connectivity index is 1.81. The summed E-state index contributed by atoms with van der Waals surface area (Å²) >= 11 is 1.91. The maximum atomic E-state index is 12.0. The number of carbonyl (C=O) groups excluding carboxylic acids is 1. The first-order chi connectivity index (χ1) is 8.75. The van der Waals surface area contributed by atoms with Crippen LogP contribution in [-0.2, 0) is 11.2 Å². The summed E-state index contributed by atoms with van der Waals surface area (Å²) in [4.78, 5) is 12.0. The fraction of sp³-hybridized carbons (Fsp3) is 0.500. The molecule has 2 rings (SSSR count). The Hall–Kier alpha value is -1.00. The minimum Gasteiger partial charge on any atom is -0.351 e. The molecule has 1 saturated heterocycles. The van der Waals surface area contributed by atoms with E-state index in [9.17, 15) is 4.79 Å². The van der Waals surface area contributed by atoms with Crippen molar-refractivity contribution in [3.8, 4) is 0 Å². The molecule has 3 nitrogen and oxygen atoms in total. The Labute approximate surface area is 113 Å². The van der Waals surface area contributed by atoms with Gasteiger partial charge < -0.3 is 11.1 Å². The zero-order valence-electron chi connectivity index (χ0n) is 10.5. The van der Waals surface area contributed by atoms with E-state index in [-0.39, 0.29) is 5.91 Å². The van der Waals surface area contributed by atoms with E-state index in [0.29, 0.717) is 12.5 Å². The lowest BCUT2D eigenvalue weighted by Gasteiger charge is -2.24. The Morgan fingerprint density at radius 2 is 2.22 bits per heavy atom. The van der Waals surface area contributed by atoms with Crippen LogP contribution < -0.4 is 11.1 Å². The second-order valence-corrected chi connectivity index (χ2v) is 5.87. The van der Waals surface area contributed by atoms with Crippen molar-refractivity contribution in [3.63, 3.8) is 0 Å². The zero-order chi connectivity index (χ0) is 12.8. The molecule has 0 aromatic heterocycles. The Kier molecular flexibility index (Phi) is 5.08. The quantitative estimate of drug-likeness (QED) is 0.868. The molecule has 1 fully saturated rings. The van der Waals surface area contributed by atoms with E-state index in [0.717, 1.165) is 17.7 Å². The van der Waals surface area contributed by atoms with E-state index in [4.69, 9.17) is 5.73 Å². The number of carbonyl (C=O) groups is 1. The molecule has 1 aromatic rings. The summed E-state index contributed by atoms with van der Waals surface area (Å²) in [6.07, 6.45) is 2.87. The number of amides is 1. The SMILES string of the molecule is N[C@H](Cc1ccccc1)C(=O)NC1CCCSC1. The molecule has 18 heavy (non-hydrogen) atoms. The number of hydrogen-bond acceptors (Lipinski definition) is 3. The first-order valence-electron chi connectivity index (χ1n) is 6.43. The molecule has 1 aliphatic heterocycles. The molecule has 1 unspecified atom stereocenters. The van der Waals surface area contributed by atoms with Crippen LogP contribution in [0, 0.1) is 0 Å². The smallest absolute Gasteiger partial charge is 0.237 e. The van der Waals surface area contributed by atoms with Crippen molar-refractivity contribution in [2.24, 2.45) is 5.73 Å². The number of nitrogens with two attached hydrogens (primary N) is 1. The predicted molar refractivity (Wildman–Crippen MR) is 76.6 cm³/mol. The van der Waals surface area contributed by atoms with Gasteiger partial charge in [-0.25, -0.2) is 0 Å². The van der Waals surface area contributed by atoms with Crippen LogP contribution in [0.2, 0.25) is 0 Å². The first-order valence-corrected chi connectivity index (χ1v) is 7.59. The molecule has 1 heterocycles. The van der Waals surface area contributed by atoms with Crippen molar-refractivity contribution in [3.05, 3.63) is 35.9 Å². The van der Waals surface area contributed by atoms with E-state index in [2.05, 4.69) is 5.32 Å². The van der Waals surface area contributed by atoms with E-state index in [1.807, 2.05) is 42.1 Å². The molecular formula is C14H20N2OS. The highest BCUT2D eigenvalue weighted by Gasteiger charge is 2.20. The monoisotopic (exact) mass is 264 g/mol. The largest absolute Gasteiger partial charge is 0.351 e. The third kappa shape index (κ3) is 4.03. The van der Waals surface area contributed by atoms with Crippen molar-refractivity contribution < 1.29 is 4.79 Å². The molecule has 1 aromatic carbocycles. The Bertz CT molecular complexity index is 377. The molecule has 98 valence electrons. The van der Waals surface area contributed by atoms with Crippen LogP contribution in [0.15, 0.2) is 30.3 Å². The standard InChI is InChI=1S/C14H20N2OS/c15-13(9-11-5-2-1-3-6-11)14(17)16-12-7-4-8-18-10-12/h1-3,5-6,12-13H,4,7-10,15H2,(H,16,17)/t12?,13-/m1/s1. The van der Waals surface area contributed by atoms with Crippen LogP contribution >= 0.6 is 11.8 Å². The lowest BCUT2D eigenvalue weighted by molar-refractivity contribution is -0.122. The van der Waals surface area contributed by atoms with Gasteiger partial charge in [0, 0.05) is 11.8 Å². The lowest BCUT2D eigenvalue weighted by Crippen LogP contribution is -2.47. The number of hydrogen-bond donors (Lipinski definition) is 2. The molecule has 1 amide bonds. The predicted octanol–water partition coefficient (Wildman–Crippen LogP) is 1.57. The number of nitrogens with one attached hydrogen (secondary N) is 1. The molecule has 3 N–H and O–H groups in total. The third-order valence-electron chi connectivity index (χ3n) is 3.14. The van der Waals surface area contributed by atoms with Gasteiger partial charge in [0.1, 0.15) is 0 Å². The summed E-state index contributed by atoms with van der Waals surface area (Å²) in [7, 11) is 0. The molecule has 0 bridgehead atoms. The number of benzene rings is 1. The molecule has 4 heteroatoms. The van der Waals surface area contributed by atoms with Crippen molar-refractivity contribution in [2.75, 3.05) is 11.5 Å². The van der Waals surface area contributed by atoms with Gasteiger partial charge in [0.15, 0.2) is 0 Å². The van der Waals surface area contributed by atoms with E-state index >= 15 is 0 Å². The normalized spacial score (nSPS) is 21.3. The van der Waals surface area contributed by atoms with Crippen LogP contribution in [0.25, 0.3) is 0 Å². The Morgan fingerprint density at radius 3 is 2.89 bits per heavy atom. The highest BCUT2D eigenvalue weighted by atomic mass is 32.2. The summed E-state index contributed by atoms with van der Waals surface area (Å²) in [6.45, 7) is 0. The fourth-order valence-corrected chi connectivity index (χ4v) is 3.20. The van der Waals surface area contributed by atoms with Crippen molar-refractivity contribution in [1.29, 1.82) is 0 Å². The van der Waals surface area contributed by atoms with Gasteiger partial charge in [0.2, 0.25) is 5.91 Å². The maximum Gasteiger partial charge on any atom is 0.237 e. The average molecular weight is 264 g/mol. The lowest BCUT2D eigenvalue weighted by atomic mass is 10.1. The number of rotatable bonds is 4. The van der Waals surface area contributed by atoms with Crippen LogP contribution in [0.1, 0.15) is 18.4 Å². The second kappa shape index (κ2) is 6.81. The van der Waals surface area contributed by atoms with Crippen LogP contribution in [0.4, 0.5) is 0 Å². The molecular weight excluding hydrogens is 244 g/mol. The first kappa shape index (κ1) is 13.4. The minimum atomic E-state index is -0.445. The Morgan fingerprint density at radius 1 is 1.44 bits per heavy atom. The highest BCUT2D eigenvalue weighted by molar-refractivity contribution is 7.99. The summed E-state index contributed by atoms with van der Waals surface area (Å²) in [5.74, 6) is 2.21. The van der Waals surface area contributed by atoms with Gasteiger partial charge in [-0.2, -0.15) is 11.8 Å².